The first-order valence-corrected chi connectivity index (χ1v) is 9.27. The average Bonchev–Trinajstić information content (AvgIpc) is 2.94. The largest absolute Gasteiger partial charge is 0.489 e. The number of aliphatic carboxylic acids is 1. The molecule has 6 nitrogen and oxygen atoms in total. The summed E-state index contributed by atoms with van der Waals surface area (Å²) in [6.45, 7) is 0.345. The summed E-state index contributed by atoms with van der Waals surface area (Å²) in [7, 11) is 0. The van der Waals surface area contributed by atoms with E-state index in [1.54, 1.807) is 36.7 Å². The fourth-order valence-corrected chi connectivity index (χ4v) is 3.39. The molecule has 1 saturated carbocycles. The van der Waals surface area contributed by atoms with Crippen molar-refractivity contribution >= 4 is 11.9 Å². The van der Waals surface area contributed by atoms with Crippen LogP contribution in [0, 0.1) is 0 Å². The van der Waals surface area contributed by atoms with Gasteiger partial charge in [-0.05, 0) is 37.1 Å². The minimum Gasteiger partial charge on any atom is -0.489 e. The molecular weight excluding hydrogens is 344 g/mol. The molecule has 27 heavy (non-hydrogen) atoms. The van der Waals surface area contributed by atoms with E-state index in [1.807, 2.05) is 12.1 Å². The Hall–Kier alpha value is -2.89. The van der Waals surface area contributed by atoms with E-state index in [0.717, 1.165) is 31.2 Å². The molecule has 0 spiro atoms. The molecule has 2 aromatic rings. The number of nitrogens with one attached hydrogen (secondary N) is 1. The van der Waals surface area contributed by atoms with Crippen molar-refractivity contribution in [3.8, 4) is 5.75 Å². The zero-order valence-corrected chi connectivity index (χ0v) is 15.2. The number of carbonyl (C=O) groups is 2. The second-order valence-electron chi connectivity index (χ2n) is 6.93. The minimum absolute atomic E-state index is 0.345. The fourth-order valence-electron chi connectivity index (χ4n) is 3.39. The summed E-state index contributed by atoms with van der Waals surface area (Å²) in [6.07, 6.45) is 7.96. The van der Waals surface area contributed by atoms with E-state index in [1.165, 1.54) is 0 Å². The molecule has 6 heteroatoms. The van der Waals surface area contributed by atoms with Crippen LogP contribution < -0.4 is 10.1 Å². The third kappa shape index (κ3) is 4.84. The molecule has 1 amide bonds. The Labute approximate surface area is 158 Å². The van der Waals surface area contributed by atoms with Crippen molar-refractivity contribution in [3.05, 3.63) is 59.9 Å². The predicted molar refractivity (Wildman–Crippen MR) is 101 cm³/mol. The van der Waals surface area contributed by atoms with E-state index < -0.39 is 11.5 Å². The van der Waals surface area contributed by atoms with Gasteiger partial charge in [0.25, 0.3) is 5.91 Å². The van der Waals surface area contributed by atoms with Crippen molar-refractivity contribution in [1.82, 2.24) is 10.3 Å². The summed E-state index contributed by atoms with van der Waals surface area (Å²) >= 11 is 0. The SMILES string of the molecule is O=C(NC1(C(=O)O)CCCCCC1)c1cccc(OCc2cccnc2)c1. The minimum atomic E-state index is -1.18. The summed E-state index contributed by atoms with van der Waals surface area (Å²) < 4.78 is 5.73. The van der Waals surface area contributed by atoms with Crippen molar-refractivity contribution in [3.63, 3.8) is 0 Å². The number of amides is 1. The van der Waals surface area contributed by atoms with Crippen LogP contribution in [-0.4, -0.2) is 27.5 Å². The third-order valence-electron chi connectivity index (χ3n) is 4.94. The van der Waals surface area contributed by atoms with Gasteiger partial charge in [-0.25, -0.2) is 4.79 Å². The highest BCUT2D eigenvalue weighted by Crippen LogP contribution is 2.28. The number of nitrogens with zero attached hydrogens (tertiary/aromatic N) is 1. The van der Waals surface area contributed by atoms with Gasteiger partial charge in [-0.1, -0.05) is 37.8 Å². The van der Waals surface area contributed by atoms with Crippen LogP contribution in [0.3, 0.4) is 0 Å². The van der Waals surface area contributed by atoms with Crippen molar-refractivity contribution < 1.29 is 19.4 Å². The summed E-state index contributed by atoms with van der Waals surface area (Å²) in [5, 5.41) is 12.5. The smallest absolute Gasteiger partial charge is 0.329 e. The summed E-state index contributed by atoms with van der Waals surface area (Å²) in [5.41, 5.74) is 0.138. The highest BCUT2D eigenvalue weighted by molar-refractivity contribution is 5.98. The highest BCUT2D eigenvalue weighted by atomic mass is 16.5. The summed E-state index contributed by atoms with van der Waals surface area (Å²) in [4.78, 5) is 28.6. The molecular formula is C21H24N2O4. The molecule has 1 aliphatic rings. The lowest BCUT2D eigenvalue weighted by Crippen LogP contribution is -2.54. The van der Waals surface area contributed by atoms with Crippen LogP contribution in [0.1, 0.15) is 54.4 Å². The van der Waals surface area contributed by atoms with Crippen LogP contribution in [0.2, 0.25) is 0 Å². The predicted octanol–water partition coefficient (Wildman–Crippen LogP) is 3.57. The molecule has 0 aliphatic heterocycles. The molecule has 2 N–H and O–H groups in total. The molecule has 1 heterocycles. The first kappa shape index (κ1) is 18.9. The maximum absolute atomic E-state index is 12.7. The van der Waals surface area contributed by atoms with Crippen molar-refractivity contribution in [2.45, 2.75) is 50.7 Å². The van der Waals surface area contributed by atoms with Crippen LogP contribution in [0.4, 0.5) is 0 Å². The number of benzene rings is 1. The van der Waals surface area contributed by atoms with Gasteiger partial charge in [0.05, 0.1) is 0 Å². The molecule has 0 bridgehead atoms. The first-order valence-electron chi connectivity index (χ1n) is 9.27. The van der Waals surface area contributed by atoms with E-state index in [4.69, 9.17) is 4.74 Å². The molecule has 0 unspecified atom stereocenters. The van der Waals surface area contributed by atoms with Gasteiger partial charge in [-0.2, -0.15) is 0 Å². The average molecular weight is 368 g/mol. The molecule has 0 saturated heterocycles. The number of hydrogen-bond donors (Lipinski definition) is 2. The number of hydrogen-bond acceptors (Lipinski definition) is 4. The number of rotatable bonds is 6. The van der Waals surface area contributed by atoms with E-state index in [9.17, 15) is 14.7 Å². The molecule has 1 fully saturated rings. The lowest BCUT2D eigenvalue weighted by molar-refractivity contribution is -0.145. The van der Waals surface area contributed by atoms with E-state index >= 15 is 0 Å². The zero-order chi connectivity index (χ0) is 19.1. The normalized spacial score (nSPS) is 16.1. The van der Waals surface area contributed by atoms with Gasteiger partial charge >= 0.3 is 5.97 Å². The number of carboxylic acid groups (broad SMARTS) is 1. The maximum Gasteiger partial charge on any atom is 0.329 e. The maximum atomic E-state index is 12.7. The van der Waals surface area contributed by atoms with Gasteiger partial charge in [0.1, 0.15) is 17.9 Å². The van der Waals surface area contributed by atoms with Gasteiger partial charge in [0, 0.05) is 23.5 Å². The first-order chi connectivity index (χ1) is 13.1. The van der Waals surface area contributed by atoms with Crippen LogP contribution in [0.5, 0.6) is 5.75 Å². The van der Waals surface area contributed by atoms with Crippen LogP contribution >= 0.6 is 0 Å². The van der Waals surface area contributed by atoms with E-state index in [2.05, 4.69) is 10.3 Å². The molecule has 0 radical (unpaired) electrons. The monoisotopic (exact) mass is 368 g/mol. The Balaban J connectivity index is 1.69. The van der Waals surface area contributed by atoms with Crippen molar-refractivity contribution in [2.24, 2.45) is 0 Å². The van der Waals surface area contributed by atoms with Gasteiger partial charge in [0.15, 0.2) is 0 Å². The van der Waals surface area contributed by atoms with Gasteiger partial charge in [-0.15, -0.1) is 0 Å². The zero-order valence-electron chi connectivity index (χ0n) is 15.2. The quantitative estimate of drug-likeness (QED) is 0.761. The molecule has 142 valence electrons. The Morgan fingerprint density at radius 3 is 2.56 bits per heavy atom. The molecule has 1 aromatic heterocycles. The van der Waals surface area contributed by atoms with Gasteiger partial charge in [0.2, 0.25) is 0 Å². The molecule has 0 atom stereocenters. The van der Waals surface area contributed by atoms with Crippen LogP contribution in [-0.2, 0) is 11.4 Å². The Kier molecular flexibility index (Phi) is 6.06. The molecule has 1 aromatic carbocycles. The number of pyridine rings is 1. The third-order valence-corrected chi connectivity index (χ3v) is 4.94. The molecule has 1 aliphatic carbocycles. The van der Waals surface area contributed by atoms with E-state index in [-0.39, 0.29) is 5.91 Å². The number of aromatic nitrogens is 1. The Bertz CT molecular complexity index is 784. The lowest BCUT2D eigenvalue weighted by Gasteiger charge is -2.29. The van der Waals surface area contributed by atoms with Crippen LogP contribution in [0.15, 0.2) is 48.8 Å². The number of carboxylic acids is 1. The van der Waals surface area contributed by atoms with Gasteiger partial charge in [-0.3, -0.25) is 9.78 Å². The van der Waals surface area contributed by atoms with Crippen LogP contribution in [0.25, 0.3) is 0 Å². The Morgan fingerprint density at radius 1 is 1.11 bits per heavy atom. The van der Waals surface area contributed by atoms with Gasteiger partial charge < -0.3 is 15.2 Å². The topological polar surface area (TPSA) is 88.5 Å². The standard InChI is InChI=1S/C21H24N2O4/c24-19(23-21(20(25)26)10-3-1-2-4-11-21)17-8-5-9-18(13-17)27-15-16-7-6-12-22-14-16/h5-9,12-14H,1-4,10-11,15H2,(H,23,24)(H,25,26). The Morgan fingerprint density at radius 2 is 1.89 bits per heavy atom. The van der Waals surface area contributed by atoms with E-state index in [0.29, 0.717) is 30.8 Å². The molecule has 3 rings (SSSR count). The summed E-state index contributed by atoms with van der Waals surface area (Å²) in [6, 6.07) is 10.5. The number of carbonyl (C=O) groups excluding carboxylic acids is 1. The van der Waals surface area contributed by atoms with Crippen molar-refractivity contribution in [2.75, 3.05) is 0 Å². The highest BCUT2D eigenvalue weighted by Gasteiger charge is 2.40. The fraction of sp³-hybridized carbons (Fsp3) is 0.381. The van der Waals surface area contributed by atoms with Crippen molar-refractivity contribution in [1.29, 1.82) is 0 Å². The number of ether oxygens (including phenoxy) is 1. The second-order valence-corrected chi connectivity index (χ2v) is 6.93. The summed E-state index contributed by atoms with van der Waals surface area (Å²) in [5.74, 6) is -0.787. The second kappa shape index (κ2) is 8.66. The lowest BCUT2D eigenvalue weighted by atomic mass is 9.90.